The molecule has 0 aromatic carbocycles. The van der Waals surface area contributed by atoms with Crippen molar-refractivity contribution in [3.05, 3.63) is 10.6 Å². The van der Waals surface area contributed by atoms with E-state index in [1.165, 1.54) is 6.21 Å². The van der Waals surface area contributed by atoms with Crippen molar-refractivity contribution < 1.29 is 4.79 Å². The van der Waals surface area contributed by atoms with E-state index in [0.29, 0.717) is 0 Å². The summed E-state index contributed by atoms with van der Waals surface area (Å²) in [6, 6.07) is 0. The zero-order valence-electron chi connectivity index (χ0n) is 4.34. The molecule has 1 heterocycles. The molecule has 0 aliphatic carbocycles. The molecule has 0 N–H and O–H groups in total. The SMILES string of the molecule is O=C1N=CC(Br)=CC1I. The van der Waals surface area contributed by atoms with Gasteiger partial charge >= 0.3 is 0 Å². The molecule has 1 rings (SSSR count). The maximum atomic E-state index is 10.7. The molecule has 1 aliphatic heterocycles. The van der Waals surface area contributed by atoms with Gasteiger partial charge in [-0.2, -0.15) is 0 Å². The second-order valence-electron chi connectivity index (χ2n) is 1.55. The molecule has 1 atom stereocenters. The summed E-state index contributed by atoms with van der Waals surface area (Å²) in [5, 5.41) is 0. The first-order chi connectivity index (χ1) is 4.20. The van der Waals surface area contributed by atoms with Crippen LogP contribution in [0.15, 0.2) is 15.6 Å². The number of nitrogens with zero attached hydrogens (tertiary/aromatic N) is 1. The highest BCUT2D eigenvalue weighted by molar-refractivity contribution is 14.1. The third-order valence-electron chi connectivity index (χ3n) is 0.857. The molecule has 0 fully saturated rings. The molecule has 48 valence electrons. The zero-order valence-corrected chi connectivity index (χ0v) is 8.09. The van der Waals surface area contributed by atoms with Gasteiger partial charge in [0.25, 0.3) is 5.91 Å². The number of allylic oxidation sites excluding steroid dienone is 1. The van der Waals surface area contributed by atoms with Gasteiger partial charge < -0.3 is 0 Å². The molecule has 0 aromatic heterocycles. The van der Waals surface area contributed by atoms with E-state index < -0.39 is 0 Å². The Hall–Kier alpha value is 0.290. The Morgan fingerprint density at radius 3 is 2.89 bits per heavy atom. The van der Waals surface area contributed by atoms with Gasteiger partial charge in [0.2, 0.25) is 0 Å². The van der Waals surface area contributed by atoms with E-state index in [9.17, 15) is 4.79 Å². The average molecular weight is 300 g/mol. The lowest BCUT2D eigenvalue weighted by atomic mass is 10.3. The standard InChI is InChI=1S/C5H3BrINO/c6-3-1-4(7)5(9)8-2-3/h1-2,4H. The van der Waals surface area contributed by atoms with Crippen LogP contribution in [-0.2, 0) is 4.79 Å². The monoisotopic (exact) mass is 299 g/mol. The van der Waals surface area contributed by atoms with Crippen LogP contribution in [0.25, 0.3) is 0 Å². The zero-order chi connectivity index (χ0) is 6.85. The van der Waals surface area contributed by atoms with Crippen molar-refractivity contribution >= 4 is 50.6 Å². The van der Waals surface area contributed by atoms with Crippen molar-refractivity contribution in [1.82, 2.24) is 0 Å². The summed E-state index contributed by atoms with van der Waals surface area (Å²) in [6.45, 7) is 0. The van der Waals surface area contributed by atoms with Crippen LogP contribution in [-0.4, -0.2) is 16.0 Å². The quantitative estimate of drug-likeness (QED) is 0.494. The molecular weight excluding hydrogens is 297 g/mol. The number of halogens is 2. The lowest BCUT2D eigenvalue weighted by Crippen LogP contribution is -2.12. The van der Waals surface area contributed by atoms with E-state index in [1.54, 1.807) is 0 Å². The minimum atomic E-state index is -0.0954. The van der Waals surface area contributed by atoms with E-state index >= 15 is 0 Å². The van der Waals surface area contributed by atoms with Gasteiger partial charge in [-0.05, 0) is 22.0 Å². The number of hydrogen-bond acceptors (Lipinski definition) is 1. The van der Waals surface area contributed by atoms with Gasteiger partial charge in [0.15, 0.2) is 0 Å². The minimum absolute atomic E-state index is 0.0844. The van der Waals surface area contributed by atoms with Crippen LogP contribution in [0.4, 0.5) is 0 Å². The molecule has 1 unspecified atom stereocenters. The summed E-state index contributed by atoms with van der Waals surface area (Å²) < 4.78 is 0.781. The topological polar surface area (TPSA) is 29.4 Å². The Bertz CT molecular complexity index is 199. The number of carbonyl (C=O) groups is 1. The van der Waals surface area contributed by atoms with Gasteiger partial charge in [0, 0.05) is 10.7 Å². The summed E-state index contributed by atoms with van der Waals surface area (Å²) in [6.07, 6.45) is 3.33. The smallest absolute Gasteiger partial charge is 0.262 e. The molecule has 0 saturated heterocycles. The second kappa shape index (κ2) is 2.92. The van der Waals surface area contributed by atoms with Crippen LogP contribution in [0, 0.1) is 0 Å². The average Bonchev–Trinajstić information content (AvgIpc) is 1.80. The van der Waals surface area contributed by atoms with Gasteiger partial charge in [-0.15, -0.1) is 0 Å². The highest BCUT2D eigenvalue weighted by Gasteiger charge is 2.13. The molecule has 9 heavy (non-hydrogen) atoms. The van der Waals surface area contributed by atoms with Crippen LogP contribution in [0.5, 0.6) is 0 Å². The molecule has 4 heteroatoms. The molecule has 0 aromatic rings. The third kappa shape index (κ3) is 1.86. The summed E-state index contributed by atoms with van der Waals surface area (Å²) >= 11 is 5.24. The van der Waals surface area contributed by atoms with Crippen molar-refractivity contribution in [2.24, 2.45) is 4.99 Å². The van der Waals surface area contributed by atoms with Crippen molar-refractivity contribution in [3.8, 4) is 0 Å². The van der Waals surface area contributed by atoms with Crippen molar-refractivity contribution in [3.63, 3.8) is 0 Å². The number of carbonyl (C=O) groups excluding carboxylic acids is 1. The first-order valence-corrected chi connectivity index (χ1v) is 4.33. The predicted octanol–water partition coefficient (Wildman–Crippen LogP) is 1.68. The fourth-order valence-corrected chi connectivity index (χ4v) is 1.86. The fraction of sp³-hybridized carbons (Fsp3) is 0.200. The summed E-state index contributed by atoms with van der Waals surface area (Å²) in [4.78, 5) is 14.3. The molecule has 0 spiro atoms. The maximum absolute atomic E-state index is 10.7. The second-order valence-corrected chi connectivity index (χ2v) is 3.81. The number of amides is 1. The number of aliphatic imine (C=N–C) groups is 1. The lowest BCUT2D eigenvalue weighted by Gasteiger charge is -2.02. The highest BCUT2D eigenvalue weighted by atomic mass is 127. The number of dihydropyridines is 1. The summed E-state index contributed by atoms with van der Waals surface area (Å²) in [5.41, 5.74) is 0. The van der Waals surface area contributed by atoms with Gasteiger partial charge in [-0.1, -0.05) is 22.6 Å². The van der Waals surface area contributed by atoms with Crippen LogP contribution in [0.3, 0.4) is 0 Å². The van der Waals surface area contributed by atoms with E-state index in [-0.39, 0.29) is 9.83 Å². The van der Waals surface area contributed by atoms with E-state index in [2.05, 4.69) is 20.9 Å². The number of rotatable bonds is 0. The van der Waals surface area contributed by atoms with Crippen LogP contribution in [0.1, 0.15) is 0 Å². The molecule has 0 radical (unpaired) electrons. The van der Waals surface area contributed by atoms with Gasteiger partial charge in [-0.3, -0.25) is 4.79 Å². The van der Waals surface area contributed by atoms with E-state index in [0.717, 1.165) is 4.48 Å². The number of alkyl halides is 1. The minimum Gasteiger partial charge on any atom is -0.271 e. The Morgan fingerprint density at radius 2 is 2.44 bits per heavy atom. The largest absolute Gasteiger partial charge is 0.271 e. The molecule has 1 amide bonds. The Kier molecular flexibility index (Phi) is 2.40. The molecular formula is C5H3BrINO. The predicted molar refractivity (Wildman–Crippen MR) is 48.3 cm³/mol. The third-order valence-corrected chi connectivity index (χ3v) is 2.22. The first-order valence-electron chi connectivity index (χ1n) is 2.29. The molecule has 0 saturated carbocycles. The van der Waals surface area contributed by atoms with Crippen molar-refractivity contribution in [2.45, 2.75) is 3.92 Å². The van der Waals surface area contributed by atoms with E-state index in [1.807, 2.05) is 28.7 Å². The van der Waals surface area contributed by atoms with E-state index in [4.69, 9.17) is 0 Å². The van der Waals surface area contributed by atoms with Gasteiger partial charge in [0.1, 0.15) is 3.92 Å². The van der Waals surface area contributed by atoms with Gasteiger partial charge in [0.05, 0.1) is 0 Å². The normalized spacial score (nSPS) is 26.2. The number of hydrogen-bond donors (Lipinski definition) is 0. The van der Waals surface area contributed by atoms with Gasteiger partial charge in [-0.25, -0.2) is 4.99 Å². The molecule has 0 bridgehead atoms. The Labute approximate surface area is 74.7 Å². The molecule has 1 aliphatic rings. The van der Waals surface area contributed by atoms with Crippen molar-refractivity contribution in [1.29, 1.82) is 0 Å². The fourth-order valence-electron chi connectivity index (χ4n) is 0.451. The van der Waals surface area contributed by atoms with Crippen molar-refractivity contribution in [2.75, 3.05) is 0 Å². The maximum Gasteiger partial charge on any atom is 0.262 e. The molecule has 2 nitrogen and oxygen atoms in total. The Morgan fingerprint density at radius 1 is 1.78 bits per heavy atom. The lowest BCUT2D eigenvalue weighted by molar-refractivity contribution is -0.116. The summed E-state index contributed by atoms with van der Waals surface area (Å²) in [7, 11) is 0. The highest BCUT2D eigenvalue weighted by Crippen LogP contribution is 2.15. The van der Waals surface area contributed by atoms with Crippen LogP contribution in [0.2, 0.25) is 0 Å². The summed E-state index contributed by atoms with van der Waals surface area (Å²) in [5.74, 6) is -0.0844. The van der Waals surface area contributed by atoms with Crippen LogP contribution < -0.4 is 0 Å². The Balaban J connectivity index is 2.82. The van der Waals surface area contributed by atoms with Crippen LogP contribution >= 0.6 is 38.5 Å². The first kappa shape index (κ1) is 7.40.